The van der Waals surface area contributed by atoms with Gasteiger partial charge in [0.15, 0.2) is 0 Å². The van der Waals surface area contributed by atoms with Gasteiger partial charge < -0.3 is 5.32 Å². The van der Waals surface area contributed by atoms with Crippen molar-refractivity contribution in [2.24, 2.45) is 23.7 Å². The fourth-order valence-electron chi connectivity index (χ4n) is 3.58. The summed E-state index contributed by atoms with van der Waals surface area (Å²) in [7, 11) is 0. The van der Waals surface area contributed by atoms with E-state index in [0.717, 1.165) is 23.7 Å². The minimum absolute atomic E-state index is 0.908. The van der Waals surface area contributed by atoms with Gasteiger partial charge in [-0.1, -0.05) is 33.1 Å². The first-order chi connectivity index (χ1) is 7.27. The first-order valence-corrected chi connectivity index (χ1v) is 6.98. The number of hydrogen-bond donors (Lipinski definition) is 1. The van der Waals surface area contributed by atoms with Crippen molar-refractivity contribution in [1.82, 2.24) is 5.32 Å². The van der Waals surface area contributed by atoms with Gasteiger partial charge in [0.2, 0.25) is 0 Å². The van der Waals surface area contributed by atoms with Crippen LogP contribution in [0.25, 0.3) is 0 Å². The maximum Gasteiger partial charge on any atom is -0.00174 e. The second-order valence-electron chi connectivity index (χ2n) is 6.03. The van der Waals surface area contributed by atoms with Gasteiger partial charge in [0, 0.05) is 0 Å². The SMILES string of the molecule is CC(C)C1CCCC(C2CCNC2)CC1. The molecule has 0 aromatic carbocycles. The van der Waals surface area contributed by atoms with Crippen LogP contribution < -0.4 is 5.32 Å². The molecule has 2 rings (SSSR count). The highest BCUT2D eigenvalue weighted by molar-refractivity contribution is 4.81. The highest BCUT2D eigenvalue weighted by atomic mass is 14.9. The molecule has 1 aliphatic heterocycles. The van der Waals surface area contributed by atoms with E-state index in [1.165, 1.54) is 51.6 Å². The van der Waals surface area contributed by atoms with Crippen molar-refractivity contribution in [1.29, 1.82) is 0 Å². The van der Waals surface area contributed by atoms with E-state index >= 15 is 0 Å². The van der Waals surface area contributed by atoms with Crippen molar-refractivity contribution in [2.45, 2.75) is 52.4 Å². The summed E-state index contributed by atoms with van der Waals surface area (Å²) in [5.74, 6) is 3.98. The lowest BCUT2D eigenvalue weighted by molar-refractivity contribution is 0.299. The molecular weight excluding hydrogens is 182 g/mol. The lowest BCUT2D eigenvalue weighted by atomic mass is 9.84. The maximum atomic E-state index is 3.52. The van der Waals surface area contributed by atoms with Gasteiger partial charge in [0.1, 0.15) is 0 Å². The maximum absolute atomic E-state index is 3.52. The van der Waals surface area contributed by atoms with E-state index in [-0.39, 0.29) is 0 Å². The van der Waals surface area contributed by atoms with E-state index in [1.807, 2.05) is 0 Å². The Morgan fingerprint density at radius 2 is 1.80 bits per heavy atom. The molecule has 0 aromatic rings. The van der Waals surface area contributed by atoms with Crippen LogP contribution in [0.1, 0.15) is 52.4 Å². The summed E-state index contributed by atoms with van der Waals surface area (Å²) < 4.78 is 0. The standard InChI is InChI=1S/C14H27N/c1-11(2)12-4-3-5-13(7-6-12)14-8-9-15-10-14/h11-15H,3-10H2,1-2H3. The molecule has 0 aromatic heterocycles. The average Bonchev–Trinajstić information content (AvgIpc) is 2.62. The van der Waals surface area contributed by atoms with Crippen LogP contribution in [0.5, 0.6) is 0 Å². The van der Waals surface area contributed by atoms with Crippen LogP contribution in [0.15, 0.2) is 0 Å². The minimum atomic E-state index is 0.908. The van der Waals surface area contributed by atoms with Gasteiger partial charge in [0.05, 0.1) is 0 Å². The van der Waals surface area contributed by atoms with Gasteiger partial charge >= 0.3 is 0 Å². The van der Waals surface area contributed by atoms with Crippen LogP contribution in [0.2, 0.25) is 0 Å². The summed E-state index contributed by atoms with van der Waals surface area (Å²) in [4.78, 5) is 0. The number of rotatable bonds is 2. The summed E-state index contributed by atoms with van der Waals surface area (Å²) >= 11 is 0. The molecule has 0 amide bonds. The molecule has 1 aliphatic carbocycles. The molecule has 1 nitrogen and oxygen atoms in total. The molecule has 3 atom stereocenters. The van der Waals surface area contributed by atoms with E-state index in [4.69, 9.17) is 0 Å². The van der Waals surface area contributed by atoms with Crippen molar-refractivity contribution >= 4 is 0 Å². The van der Waals surface area contributed by atoms with Crippen LogP contribution in [0, 0.1) is 23.7 Å². The van der Waals surface area contributed by atoms with E-state index in [9.17, 15) is 0 Å². The van der Waals surface area contributed by atoms with Gasteiger partial charge in [-0.3, -0.25) is 0 Å². The zero-order valence-corrected chi connectivity index (χ0v) is 10.5. The molecule has 2 fully saturated rings. The van der Waals surface area contributed by atoms with Crippen LogP contribution in [0.4, 0.5) is 0 Å². The summed E-state index contributed by atoms with van der Waals surface area (Å²) in [5, 5.41) is 3.52. The Morgan fingerprint density at radius 1 is 0.933 bits per heavy atom. The largest absolute Gasteiger partial charge is 0.316 e. The van der Waals surface area contributed by atoms with E-state index < -0.39 is 0 Å². The van der Waals surface area contributed by atoms with Crippen LogP contribution in [0.3, 0.4) is 0 Å². The van der Waals surface area contributed by atoms with Gasteiger partial charge in [-0.05, 0) is 56.0 Å². The molecule has 15 heavy (non-hydrogen) atoms. The predicted octanol–water partition coefficient (Wildman–Crippen LogP) is 3.45. The predicted molar refractivity (Wildman–Crippen MR) is 65.9 cm³/mol. The third kappa shape index (κ3) is 2.96. The Hall–Kier alpha value is -0.0400. The first kappa shape index (κ1) is 11.4. The van der Waals surface area contributed by atoms with Crippen molar-refractivity contribution in [3.8, 4) is 0 Å². The smallest absolute Gasteiger partial charge is 0.00174 e. The molecule has 2 aliphatic rings. The van der Waals surface area contributed by atoms with Gasteiger partial charge in [-0.2, -0.15) is 0 Å². The van der Waals surface area contributed by atoms with Crippen molar-refractivity contribution < 1.29 is 0 Å². The molecular formula is C14H27N. The lowest BCUT2D eigenvalue weighted by Crippen LogP contribution is -2.17. The molecule has 0 spiro atoms. The first-order valence-electron chi connectivity index (χ1n) is 6.98. The van der Waals surface area contributed by atoms with Gasteiger partial charge in [-0.15, -0.1) is 0 Å². The topological polar surface area (TPSA) is 12.0 Å². The Balaban J connectivity index is 1.83. The van der Waals surface area contributed by atoms with Crippen molar-refractivity contribution in [3.05, 3.63) is 0 Å². The normalized spacial score (nSPS) is 38.2. The second kappa shape index (κ2) is 5.34. The molecule has 3 unspecified atom stereocenters. The van der Waals surface area contributed by atoms with Crippen molar-refractivity contribution in [2.75, 3.05) is 13.1 Å². The van der Waals surface area contributed by atoms with E-state index in [1.54, 1.807) is 0 Å². The fourth-order valence-corrected chi connectivity index (χ4v) is 3.58. The summed E-state index contributed by atoms with van der Waals surface area (Å²) in [5.41, 5.74) is 0. The molecule has 1 heterocycles. The molecule has 1 heteroatoms. The van der Waals surface area contributed by atoms with Crippen LogP contribution >= 0.6 is 0 Å². The summed E-state index contributed by atoms with van der Waals surface area (Å²) in [6.07, 6.45) is 8.94. The van der Waals surface area contributed by atoms with E-state index in [2.05, 4.69) is 19.2 Å². The highest BCUT2D eigenvalue weighted by Crippen LogP contribution is 2.36. The minimum Gasteiger partial charge on any atom is -0.316 e. The third-order valence-corrected chi connectivity index (χ3v) is 4.77. The lowest BCUT2D eigenvalue weighted by Gasteiger charge is -2.21. The molecule has 0 bridgehead atoms. The highest BCUT2D eigenvalue weighted by Gasteiger charge is 2.28. The van der Waals surface area contributed by atoms with E-state index in [0.29, 0.717) is 0 Å². The Bertz CT molecular complexity index is 182. The summed E-state index contributed by atoms with van der Waals surface area (Å²) in [6, 6.07) is 0. The van der Waals surface area contributed by atoms with Gasteiger partial charge in [-0.25, -0.2) is 0 Å². The Morgan fingerprint density at radius 3 is 2.47 bits per heavy atom. The van der Waals surface area contributed by atoms with Gasteiger partial charge in [0.25, 0.3) is 0 Å². The van der Waals surface area contributed by atoms with Crippen LogP contribution in [-0.2, 0) is 0 Å². The number of nitrogens with one attached hydrogen (secondary N) is 1. The van der Waals surface area contributed by atoms with Crippen molar-refractivity contribution in [3.63, 3.8) is 0 Å². The monoisotopic (exact) mass is 209 g/mol. The Kier molecular flexibility index (Phi) is 4.07. The zero-order valence-electron chi connectivity index (χ0n) is 10.5. The zero-order chi connectivity index (χ0) is 10.7. The molecule has 1 N–H and O–H groups in total. The molecule has 0 radical (unpaired) electrons. The molecule has 1 saturated carbocycles. The molecule has 1 saturated heterocycles. The average molecular weight is 209 g/mol. The fraction of sp³-hybridized carbons (Fsp3) is 1.00. The molecule has 88 valence electrons. The Labute approximate surface area is 95.0 Å². The summed E-state index contributed by atoms with van der Waals surface area (Å²) in [6.45, 7) is 7.38. The number of hydrogen-bond acceptors (Lipinski definition) is 1. The second-order valence-corrected chi connectivity index (χ2v) is 6.03. The third-order valence-electron chi connectivity index (χ3n) is 4.77. The van der Waals surface area contributed by atoms with Crippen LogP contribution in [-0.4, -0.2) is 13.1 Å². The quantitative estimate of drug-likeness (QED) is 0.687.